The van der Waals surface area contributed by atoms with Crippen LogP contribution < -0.4 is 31.5 Å². The number of aliphatic hydroxyl groups is 3. The molecule has 0 amide bonds. The minimum atomic E-state index is -0.803. The van der Waals surface area contributed by atoms with Crippen molar-refractivity contribution in [2.45, 2.75) is 109 Å². The number of hydrogen-bond donors (Lipinski definition) is 4. The van der Waals surface area contributed by atoms with E-state index < -0.39 is 15.6 Å². The highest BCUT2D eigenvalue weighted by Gasteiger charge is 2.59. The highest BCUT2D eigenvalue weighted by atomic mass is 79.9. The summed E-state index contributed by atoms with van der Waals surface area (Å²) in [5.74, 6) is 0.345. The summed E-state index contributed by atoms with van der Waals surface area (Å²) in [4.78, 5) is 39.4. The lowest BCUT2D eigenvalue weighted by Crippen LogP contribution is -3.00. The molecule has 0 aliphatic carbocycles. The highest BCUT2D eigenvalue weighted by molar-refractivity contribution is 9.09. The number of carbonyl (C=O) groups is 1. The monoisotopic (exact) mass is 1290 g/mol. The largest absolute Gasteiger partial charge is 1.00 e. The van der Waals surface area contributed by atoms with Crippen molar-refractivity contribution in [1.82, 2.24) is 0 Å². The number of nitrogens with zero attached hydrogens (tertiary/aromatic N) is 6. The van der Waals surface area contributed by atoms with E-state index in [1.807, 2.05) is 36.4 Å². The molecule has 0 saturated carbocycles. The Balaban J connectivity index is 0.000000173. The zero-order valence-electron chi connectivity index (χ0n) is 50.2. The minimum absolute atomic E-state index is 0. The number of phenolic OH excluding ortho intramolecular Hbond substituents is 1. The van der Waals surface area contributed by atoms with Gasteiger partial charge in [0.15, 0.2) is 18.5 Å². The molecule has 6 aliphatic heterocycles. The second-order valence-corrected chi connectivity index (χ2v) is 24.0. The van der Waals surface area contributed by atoms with Gasteiger partial charge in [-0.25, -0.2) is 0 Å². The number of halogens is 2. The number of carbonyl (C=O) groups excluding carboxylic acids is 1. The molecule has 1 saturated heterocycles. The number of fused-ring (bicyclic) bond motifs is 7. The zero-order valence-corrected chi connectivity index (χ0v) is 53.3. The van der Waals surface area contributed by atoms with E-state index in [-0.39, 0.29) is 86.9 Å². The van der Waals surface area contributed by atoms with Gasteiger partial charge >= 0.3 is 0 Å². The van der Waals surface area contributed by atoms with E-state index in [1.54, 1.807) is 6.07 Å². The Hall–Kier alpha value is -7.13. The third-order valence-electron chi connectivity index (χ3n) is 17.4. The van der Waals surface area contributed by atoms with Gasteiger partial charge in [0, 0.05) is 94.7 Å². The van der Waals surface area contributed by atoms with Gasteiger partial charge in [0.05, 0.1) is 51.7 Å². The van der Waals surface area contributed by atoms with Crippen LogP contribution in [0.1, 0.15) is 114 Å². The van der Waals surface area contributed by atoms with E-state index in [1.165, 1.54) is 51.6 Å². The van der Waals surface area contributed by atoms with E-state index in [2.05, 4.69) is 184 Å². The maximum absolute atomic E-state index is 11.0. The van der Waals surface area contributed by atoms with Crippen molar-refractivity contribution in [3.05, 3.63) is 193 Å². The van der Waals surface area contributed by atoms with Crippen LogP contribution in [0.2, 0.25) is 0 Å². The van der Waals surface area contributed by atoms with Crippen LogP contribution in [0.3, 0.4) is 0 Å². The fraction of sp³-hybridized carbons (Fsp3) is 0.379. The van der Waals surface area contributed by atoms with Crippen molar-refractivity contribution in [1.29, 1.82) is 0 Å². The Morgan fingerprint density at radius 1 is 0.694 bits per heavy atom. The zero-order chi connectivity index (χ0) is 61.6. The fourth-order valence-corrected chi connectivity index (χ4v) is 11.8. The molecule has 17 nitrogen and oxygen atoms in total. The predicted octanol–water partition coefficient (Wildman–Crippen LogP) is 9.65. The van der Waals surface area contributed by atoms with Crippen LogP contribution in [0.15, 0.2) is 145 Å². The molecule has 4 N–H and O–H groups in total. The number of rotatable bonds is 8. The smallest absolute Gasteiger partial charge is 0.270 e. The van der Waals surface area contributed by atoms with Crippen LogP contribution in [0.5, 0.6) is 11.5 Å². The first-order chi connectivity index (χ1) is 39.7. The van der Waals surface area contributed by atoms with Gasteiger partial charge in [-0.05, 0) is 101 Å². The third kappa shape index (κ3) is 12.7. The standard InChI is InChI=1S/C20H20N2O4.C13H17NO.C13H18NO.C11H13N.C7H5NO4.C2H5BrO.BrH/c1-19(2)16-5-3-4-6-17(16)21(11-12-23)20(19)10-9-14-13-15(22(24)25)7-8-18(14)26-20;1-12(2)10-6-4-5-7-11(10)14-8-9-15-13(12,14)3;1-10-13(2,3)11-6-4-5-7-12(11)14(10)8-9-15;1-8-11(2,3)9-6-4-5-7-10(9)12-8;9-4-5-3-6(8(11)12)1-2-7(5)10;3-1-2-4;/h3-10,13,23H,11-12H2,1-2H3;4-7H,8-9H2,1-3H3;4-7,15H,8-9H2,1-3H3;4-7H,1-3H3;1-4,10H;4H,1-2H2;1H/q;;+1;;;;/p-1. The van der Waals surface area contributed by atoms with Gasteiger partial charge in [-0.15, -0.1) is 0 Å². The van der Waals surface area contributed by atoms with Gasteiger partial charge in [-0.1, -0.05) is 116 Å². The summed E-state index contributed by atoms with van der Waals surface area (Å²) in [6.07, 6.45) is 4.20. The first-order valence-corrected chi connectivity index (χ1v) is 29.1. The van der Waals surface area contributed by atoms with Crippen LogP contribution in [-0.4, -0.2) is 115 Å². The van der Waals surface area contributed by atoms with Crippen molar-refractivity contribution in [2.24, 2.45) is 4.99 Å². The van der Waals surface area contributed by atoms with E-state index in [9.17, 15) is 30.1 Å². The van der Waals surface area contributed by atoms with Gasteiger partial charge in [0.25, 0.3) is 11.4 Å². The van der Waals surface area contributed by atoms with E-state index >= 15 is 0 Å². The summed E-state index contributed by atoms with van der Waals surface area (Å²) in [5, 5.41) is 57.4. The van der Waals surface area contributed by atoms with Crippen molar-refractivity contribution in [3.63, 3.8) is 0 Å². The number of para-hydroxylation sites is 4. The van der Waals surface area contributed by atoms with Crippen LogP contribution in [0, 0.1) is 20.2 Å². The number of hydrogen-bond acceptors (Lipinski definition) is 14. The number of anilines is 2. The molecular weight excluding hydrogens is 1210 g/mol. The topological polar surface area (TPSA) is 225 Å². The summed E-state index contributed by atoms with van der Waals surface area (Å²) in [7, 11) is 0. The molecule has 1 spiro atoms. The summed E-state index contributed by atoms with van der Waals surface area (Å²) in [6.45, 7) is 27.5. The van der Waals surface area contributed by atoms with Gasteiger partial charge in [0.2, 0.25) is 11.4 Å². The SMILES string of the molecule is CC1(C)c2ccccc2N(CCO)C12C=Cc1cc([N+](=O)[O-])ccc1O2.CC1(C)c2ccccc2N2CCOC21C.CC1=Nc2ccccc2C1(C)C.CC1=[N+](CCO)c2ccccc2C1(C)C.O=Cc1cc([N+](=O)[O-])ccc1O.OCCBr.[Br-]. The Morgan fingerprint density at radius 3 is 1.84 bits per heavy atom. The van der Waals surface area contributed by atoms with Crippen LogP contribution in [-0.2, 0) is 26.4 Å². The average molecular weight is 1290 g/mol. The second-order valence-electron chi connectivity index (χ2n) is 23.2. The Kier molecular flexibility index (Phi) is 21.3. The summed E-state index contributed by atoms with van der Waals surface area (Å²) >= 11 is 3.00. The lowest BCUT2D eigenvalue weighted by atomic mass is 9.76. The molecule has 6 aliphatic rings. The quantitative estimate of drug-likeness (QED) is 0.0367. The number of β-amino-alcohol motifs (C(OH)–C–C–N with tert-alkyl or cyclic N) is 2. The van der Waals surface area contributed by atoms with Crippen molar-refractivity contribution < 1.29 is 66.1 Å². The number of ether oxygens (including phenoxy) is 2. The van der Waals surface area contributed by atoms with Crippen LogP contribution in [0.4, 0.5) is 34.1 Å². The lowest BCUT2D eigenvalue weighted by Gasteiger charge is -2.47. The minimum Gasteiger partial charge on any atom is -1.00 e. The number of aldehydes is 1. The van der Waals surface area contributed by atoms with E-state index in [0.29, 0.717) is 36.0 Å². The van der Waals surface area contributed by atoms with Crippen molar-refractivity contribution >= 4 is 73.8 Å². The van der Waals surface area contributed by atoms with Gasteiger partial charge in [-0.2, -0.15) is 4.58 Å². The maximum Gasteiger partial charge on any atom is 0.270 e. The maximum atomic E-state index is 11.0. The fourth-order valence-electron chi connectivity index (χ4n) is 11.8. The van der Waals surface area contributed by atoms with Crippen LogP contribution in [0.25, 0.3) is 6.08 Å². The molecule has 6 aromatic rings. The third-order valence-corrected chi connectivity index (χ3v) is 17.7. The molecule has 1 fully saturated rings. The Labute approximate surface area is 517 Å². The first kappa shape index (κ1) is 67.0. The first-order valence-electron chi connectivity index (χ1n) is 28.0. The molecule has 0 bridgehead atoms. The summed E-state index contributed by atoms with van der Waals surface area (Å²) < 4.78 is 14.7. The Bertz CT molecular complexity index is 3510. The number of nitro groups is 2. The predicted molar refractivity (Wildman–Crippen MR) is 336 cm³/mol. The molecule has 2 unspecified atom stereocenters. The van der Waals surface area contributed by atoms with Gasteiger partial charge in [0.1, 0.15) is 23.8 Å². The molecule has 85 heavy (non-hydrogen) atoms. The molecule has 12 rings (SSSR count). The molecule has 452 valence electrons. The molecule has 19 heteroatoms. The number of alkyl halides is 1. The number of non-ortho nitro benzene ring substituents is 2. The van der Waals surface area contributed by atoms with Crippen molar-refractivity contribution in [3.8, 4) is 11.5 Å². The molecule has 6 aromatic carbocycles. The Morgan fingerprint density at radius 2 is 1.25 bits per heavy atom. The average Bonchev–Trinajstić information content (AvgIpc) is 1.61. The number of nitro benzene ring substituents is 2. The van der Waals surface area contributed by atoms with Gasteiger partial charge in [-0.3, -0.25) is 30.0 Å². The highest BCUT2D eigenvalue weighted by Crippen LogP contribution is 2.56. The number of aromatic hydroxyl groups is 1. The molecule has 6 heterocycles. The van der Waals surface area contributed by atoms with Crippen LogP contribution >= 0.6 is 15.9 Å². The number of benzene rings is 6. The van der Waals surface area contributed by atoms with E-state index in [4.69, 9.17) is 24.8 Å². The number of phenols is 1. The summed E-state index contributed by atoms with van der Waals surface area (Å²) in [6, 6.07) is 41.4. The molecule has 0 aromatic heterocycles. The van der Waals surface area contributed by atoms with Gasteiger partial charge < -0.3 is 56.7 Å². The molecular formula is C66H78Br2N6O11. The molecule has 2 atom stereocenters. The van der Waals surface area contributed by atoms with E-state index in [0.717, 1.165) is 48.3 Å². The number of aliphatic imine (C=N–C) groups is 1. The number of aliphatic hydroxyl groups excluding tert-OH is 3. The lowest BCUT2D eigenvalue weighted by molar-refractivity contribution is -0.442. The summed E-state index contributed by atoms with van der Waals surface area (Å²) in [5.41, 5.74) is 11.9. The normalized spacial score (nSPS) is 19.8. The van der Waals surface area contributed by atoms with Crippen molar-refractivity contribution in [2.75, 3.05) is 61.2 Å². The second kappa shape index (κ2) is 27.1. The molecule has 0 radical (unpaired) electrons.